The predicted octanol–water partition coefficient (Wildman–Crippen LogP) is 4.33. The van der Waals surface area contributed by atoms with Crippen LogP contribution in [-0.4, -0.2) is 15.8 Å². The molecule has 1 saturated carbocycles. The summed E-state index contributed by atoms with van der Waals surface area (Å²) in [4.78, 5) is 12.6. The number of hydrogen-bond donors (Lipinski definition) is 1. The second kappa shape index (κ2) is 5.44. The van der Waals surface area contributed by atoms with E-state index in [2.05, 4.69) is 15.9 Å². The third-order valence-electron chi connectivity index (χ3n) is 3.16. The summed E-state index contributed by atoms with van der Waals surface area (Å²) >= 11 is 4.93. The van der Waals surface area contributed by atoms with Gasteiger partial charge < -0.3 is 5.11 Å². The summed E-state index contributed by atoms with van der Waals surface area (Å²) in [5.74, 6) is -0.665. The average Bonchev–Trinajstić information content (AvgIpc) is 2.30. The molecule has 0 unspecified atom stereocenters. The van der Waals surface area contributed by atoms with Crippen LogP contribution in [0.3, 0.4) is 0 Å². The van der Waals surface area contributed by atoms with Gasteiger partial charge in [0.05, 0.1) is 0 Å². The van der Waals surface area contributed by atoms with Crippen LogP contribution in [-0.2, 0) is 4.79 Å². The molecular weight excluding hydrogens is 300 g/mol. The Morgan fingerprint density at radius 1 is 1.29 bits per heavy atom. The molecule has 0 aromatic heterocycles. The zero-order valence-electron chi connectivity index (χ0n) is 9.49. The lowest BCUT2D eigenvalue weighted by Crippen LogP contribution is -2.37. The molecule has 0 amide bonds. The first kappa shape index (κ1) is 13.0. The number of rotatable bonds is 3. The molecule has 4 heteroatoms. The number of thioether (sulfide) groups is 1. The van der Waals surface area contributed by atoms with Crippen LogP contribution in [0.2, 0.25) is 0 Å². The Labute approximate surface area is 114 Å². The monoisotopic (exact) mass is 314 g/mol. The molecule has 0 radical (unpaired) electrons. The maximum Gasteiger partial charge on any atom is 0.320 e. The minimum Gasteiger partial charge on any atom is -0.480 e. The molecule has 0 bridgehead atoms. The first-order valence-electron chi connectivity index (χ1n) is 5.80. The molecule has 92 valence electrons. The van der Waals surface area contributed by atoms with Crippen molar-refractivity contribution in [2.45, 2.75) is 41.7 Å². The van der Waals surface area contributed by atoms with Crippen LogP contribution in [0.1, 0.15) is 32.1 Å². The van der Waals surface area contributed by atoms with Crippen molar-refractivity contribution < 1.29 is 9.90 Å². The summed E-state index contributed by atoms with van der Waals surface area (Å²) in [6.07, 6.45) is 4.76. The highest BCUT2D eigenvalue weighted by atomic mass is 79.9. The van der Waals surface area contributed by atoms with Crippen molar-refractivity contribution in [1.82, 2.24) is 0 Å². The van der Waals surface area contributed by atoms with E-state index in [9.17, 15) is 9.90 Å². The van der Waals surface area contributed by atoms with E-state index in [4.69, 9.17) is 0 Å². The molecule has 1 aliphatic rings. The second-order valence-electron chi connectivity index (χ2n) is 4.42. The van der Waals surface area contributed by atoms with Crippen molar-refractivity contribution in [1.29, 1.82) is 0 Å². The van der Waals surface area contributed by atoms with Crippen molar-refractivity contribution in [3.8, 4) is 0 Å². The number of carboxylic acids is 1. The van der Waals surface area contributed by atoms with Gasteiger partial charge in [-0.05, 0) is 31.0 Å². The van der Waals surface area contributed by atoms with Crippen LogP contribution < -0.4 is 0 Å². The highest BCUT2D eigenvalue weighted by molar-refractivity contribution is 9.10. The summed E-state index contributed by atoms with van der Waals surface area (Å²) in [6.45, 7) is 0. The van der Waals surface area contributed by atoms with Gasteiger partial charge >= 0.3 is 5.97 Å². The average molecular weight is 315 g/mol. The van der Waals surface area contributed by atoms with Gasteiger partial charge in [0.15, 0.2) is 0 Å². The Morgan fingerprint density at radius 2 is 2.00 bits per heavy atom. The largest absolute Gasteiger partial charge is 0.480 e. The fourth-order valence-electron chi connectivity index (χ4n) is 2.24. The van der Waals surface area contributed by atoms with E-state index in [0.29, 0.717) is 0 Å². The lowest BCUT2D eigenvalue weighted by Gasteiger charge is -2.32. The van der Waals surface area contributed by atoms with E-state index in [-0.39, 0.29) is 0 Å². The third-order valence-corrected chi connectivity index (χ3v) is 5.12. The molecule has 1 N–H and O–H groups in total. The van der Waals surface area contributed by atoms with Gasteiger partial charge in [-0.2, -0.15) is 0 Å². The van der Waals surface area contributed by atoms with Gasteiger partial charge in [0.25, 0.3) is 0 Å². The van der Waals surface area contributed by atoms with Crippen LogP contribution in [0.25, 0.3) is 0 Å². The number of hydrogen-bond acceptors (Lipinski definition) is 2. The number of carboxylic acid groups (broad SMARTS) is 1. The highest BCUT2D eigenvalue weighted by Gasteiger charge is 2.40. The SMILES string of the molecule is O=C(O)C1(Sc2cccc(Br)c2)CCCCC1. The normalized spacial score (nSPS) is 18.9. The molecule has 2 nitrogen and oxygen atoms in total. The van der Waals surface area contributed by atoms with Crippen LogP contribution in [0, 0.1) is 0 Å². The number of halogens is 1. The fraction of sp³-hybridized carbons (Fsp3) is 0.462. The molecule has 0 heterocycles. The molecule has 2 rings (SSSR count). The summed E-state index contributed by atoms with van der Waals surface area (Å²) in [6, 6.07) is 7.88. The highest BCUT2D eigenvalue weighted by Crippen LogP contribution is 2.44. The molecule has 0 aliphatic heterocycles. The van der Waals surface area contributed by atoms with E-state index in [1.54, 1.807) is 0 Å². The Kier molecular flexibility index (Phi) is 4.15. The molecule has 0 atom stereocenters. The lowest BCUT2D eigenvalue weighted by atomic mass is 9.88. The van der Waals surface area contributed by atoms with Crippen molar-refractivity contribution in [3.05, 3.63) is 28.7 Å². The van der Waals surface area contributed by atoms with Gasteiger partial charge in [-0.15, -0.1) is 11.8 Å². The molecule has 1 aliphatic carbocycles. The van der Waals surface area contributed by atoms with Gasteiger partial charge in [-0.1, -0.05) is 41.3 Å². The first-order valence-corrected chi connectivity index (χ1v) is 7.41. The minimum atomic E-state index is -0.665. The van der Waals surface area contributed by atoms with Crippen LogP contribution in [0.4, 0.5) is 0 Å². The summed E-state index contributed by atoms with van der Waals surface area (Å²) in [5, 5.41) is 9.49. The van der Waals surface area contributed by atoms with Crippen LogP contribution in [0.15, 0.2) is 33.6 Å². The van der Waals surface area contributed by atoms with E-state index in [0.717, 1.165) is 41.5 Å². The maximum absolute atomic E-state index is 11.5. The molecular formula is C13H15BrO2S. The van der Waals surface area contributed by atoms with Gasteiger partial charge in [0.1, 0.15) is 4.75 Å². The summed E-state index contributed by atoms with van der Waals surface area (Å²) in [5.41, 5.74) is 0. The van der Waals surface area contributed by atoms with Gasteiger partial charge in [-0.3, -0.25) is 4.79 Å². The second-order valence-corrected chi connectivity index (χ2v) is 6.79. The Bertz CT molecular complexity index is 414. The van der Waals surface area contributed by atoms with E-state index < -0.39 is 10.7 Å². The topological polar surface area (TPSA) is 37.3 Å². The zero-order valence-corrected chi connectivity index (χ0v) is 11.9. The van der Waals surface area contributed by atoms with Crippen molar-refractivity contribution >= 4 is 33.7 Å². The standard InChI is InChI=1S/C13H15BrO2S/c14-10-5-4-6-11(9-10)17-13(12(15)16)7-2-1-3-8-13/h4-6,9H,1-3,7-8H2,(H,15,16). The first-order chi connectivity index (χ1) is 8.12. The van der Waals surface area contributed by atoms with Crippen LogP contribution >= 0.6 is 27.7 Å². The fourth-order valence-corrected chi connectivity index (χ4v) is 4.15. The molecule has 17 heavy (non-hydrogen) atoms. The Morgan fingerprint density at radius 3 is 2.59 bits per heavy atom. The van der Waals surface area contributed by atoms with E-state index >= 15 is 0 Å². The van der Waals surface area contributed by atoms with Gasteiger partial charge in [0, 0.05) is 9.37 Å². The zero-order chi connectivity index (χ0) is 12.3. The van der Waals surface area contributed by atoms with E-state index in [1.807, 2.05) is 24.3 Å². The lowest BCUT2D eigenvalue weighted by molar-refractivity contribution is -0.140. The third kappa shape index (κ3) is 3.05. The van der Waals surface area contributed by atoms with Gasteiger partial charge in [-0.25, -0.2) is 0 Å². The Balaban J connectivity index is 2.20. The number of aliphatic carboxylic acids is 1. The number of benzene rings is 1. The Hall–Kier alpha value is -0.480. The minimum absolute atomic E-state index is 0.612. The van der Waals surface area contributed by atoms with Crippen molar-refractivity contribution in [2.24, 2.45) is 0 Å². The molecule has 0 saturated heterocycles. The molecule has 1 aromatic rings. The van der Waals surface area contributed by atoms with Gasteiger partial charge in [0.2, 0.25) is 0 Å². The maximum atomic E-state index is 11.5. The quantitative estimate of drug-likeness (QED) is 0.902. The molecule has 0 spiro atoms. The summed E-state index contributed by atoms with van der Waals surface area (Å²) in [7, 11) is 0. The number of carbonyl (C=O) groups is 1. The van der Waals surface area contributed by atoms with E-state index in [1.165, 1.54) is 11.8 Å². The van der Waals surface area contributed by atoms with Crippen molar-refractivity contribution in [3.63, 3.8) is 0 Å². The van der Waals surface area contributed by atoms with Crippen molar-refractivity contribution in [2.75, 3.05) is 0 Å². The summed E-state index contributed by atoms with van der Waals surface area (Å²) < 4.78 is 0.387. The molecule has 1 aromatic carbocycles. The molecule has 1 fully saturated rings. The smallest absolute Gasteiger partial charge is 0.320 e. The van der Waals surface area contributed by atoms with Crippen LogP contribution in [0.5, 0.6) is 0 Å². The predicted molar refractivity (Wildman–Crippen MR) is 73.5 cm³/mol.